The highest BCUT2D eigenvalue weighted by Gasteiger charge is 2.20. The zero-order valence-corrected chi connectivity index (χ0v) is 12.1. The Labute approximate surface area is 126 Å². The van der Waals surface area contributed by atoms with Gasteiger partial charge in [-0.1, -0.05) is 41.0 Å². The molecule has 2 N–H and O–H groups in total. The van der Waals surface area contributed by atoms with Crippen molar-refractivity contribution in [3.63, 3.8) is 0 Å². The molecule has 0 aliphatic carbocycles. The summed E-state index contributed by atoms with van der Waals surface area (Å²) in [6.07, 6.45) is 1.69. The molecule has 21 heavy (non-hydrogen) atoms. The van der Waals surface area contributed by atoms with Gasteiger partial charge in [0.2, 0.25) is 11.7 Å². The molecule has 0 radical (unpaired) electrons. The summed E-state index contributed by atoms with van der Waals surface area (Å²) in [6.45, 7) is 1.94. The van der Waals surface area contributed by atoms with Crippen LogP contribution in [0.3, 0.4) is 0 Å². The fourth-order valence-corrected chi connectivity index (χ4v) is 2.29. The fraction of sp³-hybridized carbons (Fsp3) is 0.133. The van der Waals surface area contributed by atoms with E-state index in [-0.39, 0.29) is 0 Å². The summed E-state index contributed by atoms with van der Waals surface area (Å²) in [5, 5.41) is 4.52. The van der Waals surface area contributed by atoms with Crippen LogP contribution in [0.5, 0.6) is 0 Å². The molecule has 0 aliphatic heterocycles. The highest BCUT2D eigenvalue weighted by molar-refractivity contribution is 6.31. The molecule has 0 amide bonds. The quantitative estimate of drug-likeness (QED) is 0.804. The molecular weight excluding hydrogens is 288 g/mol. The van der Waals surface area contributed by atoms with Crippen LogP contribution in [0.1, 0.15) is 23.1 Å². The maximum atomic E-state index is 6.15. The molecule has 0 bridgehead atoms. The van der Waals surface area contributed by atoms with Crippen LogP contribution in [0.15, 0.2) is 47.1 Å². The lowest BCUT2D eigenvalue weighted by atomic mass is 10.1. The zero-order chi connectivity index (χ0) is 14.8. The molecule has 2 heterocycles. The van der Waals surface area contributed by atoms with Crippen molar-refractivity contribution in [1.29, 1.82) is 0 Å². The van der Waals surface area contributed by atoms with Gasteiger partial charge in [0, 0.05) is 11.2 Å². The maximum absolute atomic E-state index is 6.15. The number of aryl methyl sites for hydroxylation is 1. The van der Waals surface area contributed by atoms with E-state index in [0.717, 1.165) is 11.1 Å². The molecule has 5 nitrogen and oxygen atoms in total. The minimum atomic E-state index is -0.566. The molecule has 1 atom stereocenters. The Hall–Kier alpha value is -2.24. The van der Waals surface area contributed by atoms with E-state index < -0.39 is 6.04 Å². The van der Waals surface area contributed by atoms with Gasteiger partial charge in [0.05, 0.1) is 0 Å². The molecule has 1 aromatic carbocycles. The Morgan fingerprint density at radius 3 is 2.76 bits per heavy atom. The Bertz CT molecular complexity index is 772. The summed E-state index contributed by atoms with van der Waals surface area (Å²) in [6, 6.07) is 10.5. The number of hydrogen-bond acceptors (Lipinski definition) is 5. The lowest BCUT2D eigenvalue weighted by molar-refractivity contribution is 0.367. The summed E-state index contributed by atoms with van der Waals surface area (Å²) in [4.78, 5) is 8.59. The lowest BCUT2D eigenvalue weighted by Crippen LogP contribution is -2.12. The molecule has 0 aliphatic rings. The van der Waals surface area contributed by atoms with E-state index in [0.29, 0.717) is 22.4 Å². The van der Waals surface area contributed by atoms with Crippen LogP contribution in [0, 0.1) is 6.92 Å². The van der Waals surface area contributed by atoms with E-state index in [2.05, 4.69) is 15.1 Å². The largest absolute Gasteiger partial charge is 0.337 e. The van der Waals surface area contributed by atoms with Crippen molar-refractivity contribution in [3.8, 4) is 11.5 Å². The van der Waals surface area contributed by atoms with E-state index in [1.807, 2.05) is 37.3 Å². The van der Waals surface area contributed by atoms with Crippen molar-refractivity contribution in [2.75, 3.05) is 0 Å². The third kappa shape index (κ3) is 2.66. The van der Waals surface area contributed by atoms with Crippen LogP contribution < -0.4 is 5.73 Å². The smallest absolute Gasteiger partial charge is 0.248 e. The molecular formula is C15H13ClN4O. The van der Waals surface area contributed by atoms with E-state index >= 15 is 0 Å². The highest BCUT2D eigenvalue weighted by atomic mass is 35.5. The number of rotatable bonds is 3. The van der Waals surface area contributed by atoms with Crippen molar-refractivity contribution in [2.45, 2.75) is 13.0 Å². The zero-order valence-electron chi connectivity index (χ0n) is 11.3. The number of pyridine rings is 1. The van der Waals surface area contributed by atoms with Crippen molar-refractivity contribution in [2.24, 2.45) is 5.73 Å². The first kappa shape index (κ1) is 13.7. The van der Waals surface area contributed by atoms with E-state index in [1.54, 1.807) is 12.3 Å². The summed E-state index contributed by atoms with van der Waals surface area (Å²) < 4.78 is 5.26. The van der Waals surface area contributed by atoms with Crippen LogP contribution in [-0.2, 0) is 0 Å². The SMILES string of the molecule is Cc1cccnc1-c1noc([C@H](N)c2ccccc2Cl)n1. The van der Waals surface area contributed by atoms with Gasteiger partial charge < -0.3 is 10.3 Å². The van der Waals surface area contributed by atoms with Gasteiger partial charge in [-0.25, -0.2) is 0 Å². The molecule has 0 saturated carbocycles. The van der Waals surface area contributed by atoms with Crippen LogP contribution in [0.2, 0.25) is 5.02 Å². The first-order valence-electron chi connectivity index (χ1n) is 6.42. The summed E-state index contributed by atoms with van der Waals surface area (Å²) in [5.41, 5.74) is 8.54. The predicted molar refractivity (Wildman–Crippen MR) is 79.7 cm³/mol. The fourth-order valence-electron chi connectivity index (χ4n) is 2.04. The standard InChI is InChI=1S/C15H13ClN4O/c1-9-5-4-8-18-13(9)14-19-15(21-20-14)12(17)10-6-2-3-7-11(10)16/h2-8,12H,17H2,1H3/t12-/m1/s1. The number of nitrogens with zero attached hydrogens (tertiary/aromatic N) is 3. The number of hydrogen-bond donors (Lipinski definition) is 1. The Kier molecular flexibility index (Phi) is 3.68. The van der Waals surface area contributed by atoms with Crippen LogP contribution in [-0.4, -0.2) is 15.1 Å². The second kappa shape index (κ2) is 5.63. The first-order valence-corrected chi connectivity index (χ1v) is 6.80. The van der Waals surface area contributed by atoms with Gasteiger partial charge in [-0.15, -0.1) is 0 Å². The number of nitrogens with two attached hydrogens (primary N) is 1. The molecule has 0 spiro atoms. The van der Waals surface area contributed by atoms with Crippen LogP contribution in [0.4, 0.5) is 0 Å². The average molecular weight is 301 g/mol. The van der Waals surface area contributed by atoms with Gasteiger partial charge in [-0.05, 0) is 30.2 Å². The molecule has 6 heteroatoms. The third-order valence-corrected chi connectivity index (χ3v) is 3.51. The average Bonchev–Trinajstić information content (AvgIpc) is 2.97. The number of halogens is 1. The van der Waals surface area contributed by atoms with Gasteiger partial charge in [-0.2, -0.15) is 4.98 Å². The summed E-state index contributed by atoms with van der Waals surface area (Å²) >= 11 is 6.14. The van der Waals surface area contributed by atoms with Gasteiger partial charge in [-0.3, -0.25) is 4.98 Å². The number of aromatic nitrogens is 3. The molecule has 3 aromatic rings. The van der Waals surface area contributed by atoms with Crippen LogP contribution >= 0.6 is 11.6 Å². The van der Waals surface area contributed by atoms with E-state index in [1.165, 1.54) is 0 Å². The highest BCUT2D eigenvalue weighted by Crippen LogP contribution is 2.26. The van der Waals surface area contributed by atoms with Crippen molar-refractivity contribution >= 4 is 11.6 Å². The predicted octanol–water partition coefficient (Wildman–Crippen LogP) is 3.14. The van der Waals surface area contributed by atoms with Gasteiger partial charge in [0.25, 0.3) is 0 Å². The molecule has 3 rings (SSSR count). The normalized spacial score (nSPS) is 12.3. The second-order valence-electron chi connectivity index (χ2n) is 4.62. The van der Waals surface area contributed by atoms with Crippen LogP contribution in [0.25, 0.3) is 11.5 Å². The van der Waals surface area contributed by atoms with Crippen molar-refractivity contribution < 1.29 is 4.52 Å². The minimum Gasteiger partial charge on any atom is -0.337 e. The Balaban J connectivity index is 1.96. The van der Waals surface area contributed by atoms with E-state index in [9.17, 15) is 0 Å². The van der Waals surface area contributed by atoms with Crippen molar-refractivity contribution in [1.82, 2.24) is 15.1 Å². The molecule has 0 saturated heterocycles. The monoisotopic (exact) mass is 300 g/mol. The van der Waals surface area contributed by atoms with Gasteiger partial charge in [0.15, 0.2) is 0 Å². The van der Waals surface area contributed by atoms with E-state index in [4.69, 9.17) is 21.9 Å². The molecule has 0 unspecified atom stereocenters. The maximum Gasteiger partial charge on any atom is 0.248 e. The summed E-state index contributed by atoms with van der Waals surface area (Å²) in [5.74, 6) is 0.730. The summed E-state index contributed by atoms with van der Waals surface area (Å²) in [7, 11) is 0. The Morgan fingerprint density at radius 1 is 1.19 bits per heavy atom. The molecule has 0 fully saturated rings. The molecule has 2 aromatic heterocycles. The Morgan fingerprint density at radius 2 is 2.00 bits per heavy atom. The number of benzene rings is 1. The minimum absolute atomic E-state index is 0.308. The second-order valence-corrected chi connectivity index (χ2v) is 5.03. The third-order valence-electron chi connectivity index (χ3n) is 3.17. The molecule has 106 valence electrons. The first-order chi connectivity index (χ1) is 10.2. The van der Waals surface area contributed by atoms with Crippen molar-refractivity contribution in [3.05, 3.63) is 64.6 Å². The van der Waals surface area contributed by atoms with Gasteiger partial charge in [0.1, 0.15) is 11.7 Å². The lowest BCUT2D eigenvalue weighted by Gasteiger charge is -2.08. The van der Waals surface area contributed by atoms with Gasteiger partial charge >= 0.3 is 0 Å². The topological polar surface area (TPSA) is 77.8 Å².